The first kappa shape index (κ1) is 17.7. The van der Waals surface area contributed by atoms with Gasteiger partial charge in [-0.2, -0.15) is 13.2 Å². The number of aromatic nitrogens is 2. The topological polar surface area (TPSA) is 64.1 Å². The highest BCUT2D eigenvalue weighted by molar-refractivity contribution is 5.64. The molecular formula is C17H18F3N3O. The molecule has 7 heteroatoms. The van der Waals surface area contributed by atoms with Gasteiger partial charge in [-0.15, -0.1) is 0 Å². The minimum Gasteiger partial charge on any atom is -0.507 e. The van der Waals surface area contributed by atoms with Crippen LogP contribution in [0.25, 0.3) is 24.0 Å². The Morgan fingerprint density at radius 1 is 1.33 bits per heavy atom. The SMILES string of the molecule is C=c1/c(=C\C(=C/N)C(F)(F)F)nc(-c2ccccc2O)n1C(C)C. The van der Waals surface area contributed by atoms with Crippen LogP contribution in [0.5, 0.6) is 5.75 Å². The molecule has 128 valence electrons. The number of nitrogens with zero attached hydrogens (tertiary/aromatic N) is 2. The maximum atomic E-state index is 12.9. The van der Waals surface area contributed by atoms with E-state index in [1.807, 2.05) is 13.8 Å². The second-order valence-corrected chi connectivity index (χ2v) is 5.51. The number of alkyl halides is 3. The quantitative estimate of drug-likeness (QED) is 0.904. The molecule has 0 unspecified atom stereocenters. The average molecular weight is 337 g/mol. The minimum atomic E-state index is -4.59. The van der Waals surface area contributed by atoms with Crippen LogP contribution in [-0.4, -0.2) is 20.8 Å². The molecule has 1 aromatic carbocycles. The molecule has 0 fully saturated rings. The Balaban J connectivity index is 2.78. The third-order valence-corrected chi connectivity index (χ3v) is 3.50. The summed E-state index contributed by atoms with van der Waals surface area (Å²) in [5.74, 6) is 0.333. The lowest BCUT2D eigenvalue weighted by Crippen LogP contribution is -2.30. The lowest BCUT2D eigenvalue weighted by atomic mass is 10.2. The number of phenolic OH excluding ortho intramolecular Hbond substituents is 1. The molecule has 0 radical (unpaired) electrons. The van der Waals surface area contributed by atoms with E-state index >= 15 is 0 Å². The van der Waals surface area contributed by atoms with E-state index in [-0.39, 0.29) is 17.1 Å². The van der Waals surface area contributed by atoms with Crippen LogP contribution in [0.1, 0.15) is 19.9 Å². The monoisotopic (exact) mass is 337 g/mol. The molecule has 2 aromatic rings. The van der Waals surface area contributed by atoms with Crippen LogP contribution in [0, 0.1) is 0 Å². The second kappa shape index (κ2) is 6.43. The van der Waals surface area contributed by atoms with Crippen LogP contribution >= 0.6 is 0 Å². The van der Waals surface area contributed by atoms with Crippen molar-refractivity contribution in [2.24, 2.45) is 5.73 Å². The average Bonchev–Trinajstić information content (AvgIpc) is 2.80. The zero-order valence-corrected chi connectivity index (χ0v) is 13.3. The summed E-state index contributed by atoms with van der Waals surface area (Å²) in [4.78, 5) is 4.25. The standard InChI is InChI=1S/C17H18F3N3O/c1-10(2)23-11(3)14(8-12(9-21)17(18,19)20)22-16(23)13-6-4-5-7-15(13)24/h4-10,24H,3,21H2,1-2H3/b12-9+,14-8+. The van der Waals surface area contributed by atoms with Crippen molar-refractivity contribution in [2.75, 3.05) is 0 Å². The lowest BCUT2D eigenvalue weighted by Gasteiger charge is -2.12. The van der Waals surface area contributed by atoms with Crippen molar-refractivity contribution in [1.29, 1.82) is 0 Å². The number of hydrogen-bond acceptors (Lipinski definition) is 3. The molecule has 0 bridgehead atoms. The highest BCUT2D eigenvalue weighted by Gasteiger charge is 2.32. The number of halogens is 3. The van der Waals surface area contributed by atoms with E-state index in [0.717, 1.165) is 6.08 Å². The summed E-state index contributed by atoms with van der Waals surface area (Å²) in [7, 11) is 0. The van der Waals surface area contributed by atoms with Crippen LogP contribution in [0.2, 0.25) is 0 Å². The number of para-hydroxylation sites is 1. The van der Waals surface area contributed by atoms with Gasteiger partial charge in [0.05, 0.1) is 21.8 Å². The Morgan fingerprint density at radius 3 is 2.46 bits per heavy atom. The Kier molecular flexibility index (Phi) is 4.73. The number of nitrogens with two attached hydrogens (primary N) is 1. The number of phenols is 1. The van der Waals surface area contributed by atoms with Crippen molar-refractivity contribution in [3.63, 3.8) is 0 Å². The maximum Gasteiger partial charge on any atom is 0.417 e. The van der Waals surface area contributed by atoms with E-state index in [9.17, 15) is 18.3 Å². The zero-order valence-electron chi connectivity index (χ0n) is 13.3. The number of hydrogen-bond donors (Lipinski definition) is 2. The first-order valence-corrected chi connectivity index (χ1v) is 7.23. The number of allylic oxidation sites excluding steroid dienone is 1. The fourth-order valence-corrected chi connectivity index (χ4v) is 2.38. The summed E-state index contributed by atoms with van der Waals surface area (Å²) in [6.45, 7) is 7.55. The molecule has 1 heterocycles. The van der Waals surface area contributed by atoms with Crippen LogP contribution in [0.4, 0.5) is 13.2 Å². The van der Waals surface area contributed by atoms with Gasteiger partial charge in [0.25, 0.3) is 0 Å². The molecule has 24 heavy (non-hydrogen) atoms. The molecule has 0 amide bonds. The van der Waals surface area contributed by atoms with E-state index in [4.69, 9.17) is 5.73 Å². The number of benzene rings is 1. The molecular weight excluding hydrogens is 319 g/mol. The third-order valence-electron chi connectivity index (χ3n) is 3.50. The van der Waals surface area contributed by atoms with E-state index in [0.29, 0.717) is 22.9 Å². The number of rotatable bonds is 3. The fourth-order valence-electron chi connectivity index (χ4n) is 2.38. The van der Waals surface area contributed by atoms with Gasteiger partial charge in [0.15, 0.2) is 0 Å². The molecule has 0 aliphatic carbocycles. The largest absolute Gasteiger partial charge is 0.507 e. The third kappa shape index (κ3) is 3.29. The second-order valence-electron chi connectivity index (χ2n) is 5.51. The van der Waals surface area contributed by atoms with Gasteiger partial charge in [-0.25, -0.2) is 4.98 Å². The van der Waals surface area contributed by atoms with Crippen molar-refractivity contribution in [3.8, 4) is 17.1 Å². The van der Waals surface area contributed by atoms with Gasteiger partial charge in [-0.3, -0.25) is 0 Å². The maximum absolute atomic E-state index is 12.9. The Morgan fingerprint density at radius 2 is 1.96 bits per heavy atom. The predicted octanol–water partition coefficient (Wildman–Crippen LogP) is 2.43. The van der Waals surface area contributed by atoms with Crippen LogP contribution < -0.4 is 16.4 Å². The van der Waals surface area contributed by atoms with Crippen molar-refractivity contribution < 1.29 is 18.3 Å². The van der Waals surface area contributed by atoms with E-state index in [2.05, 4.69) is 11.6 Å². The van der Waals surface area contributed by atoms with Gasteiger partial charge in [0.1, 0.15) is 11.6 Å². The molecule has 0 atom stereocenters. The first-order chi connectivity index (χ1) is 11.2. The van der Waals surface area contributed by atoms with Gasteiger partial charge in [-0.05, 0) is 32.1 Å². The lowest BCUT2D eigenvalue weighted by molar-refractivity contribution is -0.0867. The Hall–Kier alpha value is -2.70. The molecule has 0 saturated heterocycles. The van der Waals surface area contributed by atoms with Crippen molar-refractivity contribution in [3.05, 3.63) is 46.7 Å². The van der Waals surface area contributed by atoms with Crippen LogP contribution in [0.15, 0.2) is 36.0 Å². The van der Waals surface area contributed by atoms with Crippen molar-refractivity contribution >= 4 is 12.7 Å². The van der Waals surface area contributed by atoms with E-state index in [1.165, 1.54) is 6.07 Å². The normalized spacial score (nSPS) is 13.8. The summed E-state index contributed by atoms with van der Waals surface area (Å²) in [6.07, 6.45) is -3.24. The highest BCUT2D eigenvalue weighted by Crippen LogP contribution is 2.28. The van der Waals surface area contributed by atoms with Gasteiger partial charge in [-0.1, -0.05) is 18.7 Å². The van der Waals surface area contributed by atoms with Gasteiger partial charge < -0.3 is 15.4 Å². The molecule has 3 N–H and O–H groups in total. The summed E-state index contributed by atoms with van der Waals surface area (Å²) < 4.78 is 40.4. The summed E-state index contributed by atoms with van der Waals surface area (Å²) in [5.41, 5.74) is 4.50. The molecule has 2 rings (SSSR count). The van der Waals surface area contributed by atoms with Crippen molar-refractivity contribution in [2.45, 2.75) is 26.1 Å². The molecule has 1 aromatic heterocycles. The van der Waals surface area contributed by atoms with Crippen LogP contribution in [-0.2, 0) is 0 Å². The molecule has 0 aliphatic rings. The number of aromatic hydroxyl groups is 1. The van der Waals surface area contributed by atoms with Crippen molar-refractivity contribution in [1.82, 2.24) is 9.55 Å². The van der Waals surface area contributed by atoms with Crippen LogP contribution in [0.3, 0.4) is 0 Å². The first-order valence-electron chi connectivity index (χ1n) is 7.23. The molecule has 0 saturated carbocycles. The highest BCUT2D eigenvalue weighted by atomic mass is 19.4. The summed E-state index contributed by atoms with van der Waals surface area (Å²) in [5, 5.41) is 10.4. The molecule has 4 nitrogen and oxygen atoms in total. The molecule has 0 aliphatic heterocycles. The molecule has 0 spiro atoms. The smallest absolute Gasteiger partial charge is 0.417 e. The number of imidazole rings is 1. The summed E-state index contributed by atoms with van der Waals surface area (Å²) in [6, 6.07) is 6.38. The van der Waals surface area contributed by atoms with E-state index < -0.39 is 11.7 Å². The van der Waals surface area contributed by atoms with E-state index in [1.54, 1.807) is 22.8 Å². The Bertz CT molecular complexity index is 879. The fraction of sp³-hybridized carbons (Fsp3) is 0.235. The van der Waals surface area contributed by atoms with Gasteiger partial charge in [0, 0.05) is 12.2 Å². The van der Waals surface area contributed by atoms with Gasteiger partial charge >= 0.3 is 6.18 Å². The minimum absolute atomic E-state index is 0.0126. The van der Waals surface area contributed by atoms with Gasteiger partial charge in [0.2, 0.25) is 0 Å². The summed E-state index contributed by atoms with van der Waals surface area (Å²) >= 11 is 0. The predicted molar refractivity (Wildman–Crippen MR) is 87.3 cm³/mol. The Labute approximate surface area is 137 Å². The zero-order chi connectivity index (χ0) is 18.1.